The summed E-state index contributed by atoms with van der Waals surface area (Å²) in [4.78, 5) is 7.33. The number of aryl methyl sites for hydroxylation is 1. The SMILES string of the molecule is Cc1ccc2cc1-c1cnn3ccc(nc13)NCCN1CCCC[C@H](C1)O2. The minimum atomic E-state index is 0.245. The van der Waals surface area contributed by atoms with Gasteiger partial charge in [-0.1, -0.05) is 6.07 Å². The van der Waals surface area contributed by atoms with Crippen LogP contribution < -0.4 is 10.1 Å². The van der Waals surface area contributed by atoms with E-state index in [1.54, 1.807) is 0 Å². The first-order valence-electron chi connectivity index (χ1n) is 9.84. The van der Waals surface area contributed by atoms with Gasteiger partial charge in [-0.05, 0) is 62.1 Å². The summed E-state index contributed by atoms with van der Waals surface area (Å²) in [6.45, 7) is 6.12. The lowest BCUT2D eigenvalue weighted by Gasteiger charge is -2.25. The molecule has 0 aliphatic carbocycles. The van der Waals surface area contributed by atoms with E-state index in [0.29, 0.717) is 0 Å². The molecule has 1 saturated heterocycles. The monoisotopic (exact) mass is 363 g/mol. The normalized spacial score (nSPS) is 22.6. The molecule has 6 nitrogen and oxygen atoms in total. The van der Waals surface area contributed by atoms with Crippen molar-refractivity contribution in [3.05, 3.63) is 42.2 Å². The van der Waals surface area contributed by atoms with E-state index in [0.717, 1.165) is 60.9 Å². The number of benzene rings is 1. The lowest BCUT2D eigenvalue weighted by molar-refractivity contribution is 0.144. The van der Waals surface area contributed by atoms with Gasteiger partial charge < -0.3 is 10.1 Å². The van der Waals surface area contributed by atoms with Gasteiger partial charge in [0.1, 0.15) is 17.7 Å². The van der Waals surface area contributed by atoms with Crippen LogP contribution in [0.3, 0.4) is 0 Å². The Morgan fingerprint density at radius 1 is 1.15 bits per heavy atom. The predicted octanol–water partition coefficient (Wildman–Crippen LogP) is 3.36. The quantitative estimate of drug-likeness (QED) is 0.664. The molecule has 140 valence electrons. The van der Waals surface area contributed by atoms with E-state index in [1.807, 2.05) is 23.0 Å². The van der Waals surface area contributed by atoms with Gasteiger partial charge in [-0.25, -0.2) is 9.50 Å². The van der Waals surface area contributed by atoms with E-state index in [2.05, 4.69) is 40.4 Å². The van der Waals surface area contributed by atoms with Gasteiger partial charge in [-0.3, -0.25) is 4.90 Å². The fourth-order valence-electron chi connectivity index (χ4n) is 4.13. The van der Waals surface area contributed by atoms with Gasteiger partial charge in [-0.2, -0.15) is 5.10 Å². The van der Waals surface area contributed by atoms with Crippen molar-refractivity contribution in [2.45, 2.75) is 32.3 Å². The Morgan fingerprint density at radius 3 is 3.07 bits per heavy atom. The summed E-state index contributed by atoms with van der Waals surface area (Å²) < 4.78 is 8.26. The number of hydrogen-bond acceptors (Lipinski definition) is 5. The van der Waals surface area contributed by atoms with Crippen molar-refractivity contribution in [3.8, 4) is 16.9 Å². The molecule has 3 aromatic rings. The molecule has 0 spiro atoms. The summed E-state index contributed by atoms with van der Waals surface area (Å²) in [6, 6.07) is 8.37. The summed E-state index contributed by atoms with van der Waals surface area (Å²) >= 11 is 0. The van der Waals surface area contributed by atoms with Crippen LogP contribution in [0.25, 0.3) is 16.8 Å². The molecular formula is C21H25N5O. The third kappa shape index (κ3) is 3.25. The molecule has 6 heteroatoms. The van der Waals surface area contributed by atoms with Crippen molar-refractivity contribution in [3.63, 3.8) is 0 Å². The van der Waals surface area contributed by atoms with Gasteiger partial charge in [0.25, 0.3) is 0 Å². The lowest BCUT2D eigenvalue weighted by atomic mass is 10.0. The van der Waals surface area contributed by atoms with Gasteiger partial charge in [0.05, 0.1) is 6.20 Å². The van der Waals surface area contributed by atoms with Crippen LogP contribution in [0.1, 0.15) is 24.8 Å². The fourth-order valence-corrected chi connectivity index (χ4v) is 4.13. The number of anilines is 1. The van der Waals surface area contributed by atoms with Crippen LogP contribution >= 0.6 is 0 Å². The first-order chi connectivity index (χ1) is 13.3. The van der Waals surface area contributed by atoms with Crippen LogP contribution in [0.4, 0.5) is 5.82 Å². The van der Waals surface area contributed by atoms with Gasteiger partial charge in [-0.15, -0.1) is 0 Å². The fraction of sp³-hybridized carbons (Fsp3) is 0.429. The van der Waals surface area contributed by atoms with Gasteiger partial charge in [0, 0.05) is 31.4 Å². The zero-order valence-electron chi connectivity index (χ0n) is 15.7. The highest BCUT2D eigenvalue weighted by Gasteiger charge is 2.21. The Balaban J connectivity index is 1.62. The number of fused-ring (bicyclic) bond motifs is 6. The molecule has 5 rings (SSSR count). The minimum absolute atomic E-state index is 0.245. The van der Waals surface area contributed by atoms with Gasteiger partial charge >= 0.3 is 0 Å². The predicted molar refractivity (Wildman–Crippen MR) is 106 cm³/mol. The number of nitrogens with zero attached hydrogens (tertiary/aromatic N) is 4. The second kappa shape index (κ2) is 6.85. The zero-order chi connectivity index (χ0) is 18.2. The molecule has 1 unspecified atom stereocenters. The number of ether oxygens (including phenoxy) is 1. The van der Waals surface area contributed by atoms with E-state index in [1.165, 1.54) is 18.4 Å². The Bertz CT molecular complexity index is 966. The Morgan fingerprint density at radius 2 is 2.11 bits per heavy atom. The van der Waals surface area contributed by atoms with Crippen molar-refractivity contribution in [1.29, 1.82) is 0 Å². The molecule has 0 saturated carbocycles. The van der Waals surface area contributed by atoms with Crippen molar-refractivity contribution in [1.82, 2.24) is 19.5 Å². The maximum atomic E-state index is 6.42. The highest BCUT2D eigenvalue weighted by atomic mass is 16.5. The van der Waals surface area contributed by atoms with Crippen LogP contribution in [0.2, 0.25) is 0 Å². The van der Waals surface area contributed by atoms with Crippen LogP contribution in [-0.4, -0.2) is 51.8 Å². The van der Waals surface area contributed by atoms with E-state index < -0.39 is 0 Å². The zero-order valence-corrected chi connectivity index (χ0v) is 15.7. The largest absolute Gasteiger partial charge is 0.489 e. The number of rotatable bonds is 0. The smallest absolute Gasteiger partial charge is 0.165 e. The van der Waals surface area contributed by atoms with Gasteiger partial charge in [0.15, 0.2) is 5.65 Å². The van der Waals surface area contributed by atoms with Crippen LogP contribution in [-0.2, 0) is 0 Å². The summed E-state index contributed by atoms with van der Waals surface area (Å²) in [5.74, 6) is 1.84. The topological polar surface area (TPSA) is 54.7 Å². The average Bonchev–Trinajstić information content (AvgIpc) is 2.95. The summed E-state index contributed by atoms with van der Waals surface area (Å²) in [5, 5.41) is 7.97. The minimum Gasteiger partial charge on any atom is -0.489 e. The molecule has 4 heterocycles. The van der Waals surface area contributed by atoms with Crippen molar-refractivity contribution in [2.75, 3.05) is 31.5 Å². The standard InChI is InChI=1S/C21H25N5O/c1-15-5-6-16-12-18(15)19-13-23-26-10-7-20(24-21(19)26)22-8-11-25-9-3-2-4-17(14-25)27-16/h5-7,10,12-13,17H,2-4,8-9,11,14H2,1H3,(H,22,24)/t17-/m1/s1. The van der Waals surface area contributed by atoms with E-state index in [4.69, 9.17) is 9.72 Å². The number of nitrogens with one attached hydrogen (secondary N) is 1. The molecule has 1 fully saturated rings. The van der Waals surface area contributed by atoms with E-state index in [-0.39, 0.29) is 6.10 Å². The summed E-state index contributed by atoms with van der Waals surface area (Å²) in [7, 11) is 0. The molecule has 1 N–H and O–H groups in total. The van der Waals surface area contributed by atoms with Crippen molar-refractivity contribution >= 4 is 11.5 Å². The van der Waals surface area contributed by atoms with Crippen LogP contribution in [0, 0.1) is 6.92 Å². The van der Waals surface area contributed by atoms with Crippen LogP contribution in [0.5, 0.6) is 5.75 Å². The molecule has 2 aromatic heterocycles. The maximum absolute atomic E-state index is 6.42. The van der Waals surface area contributed by atoms with E-state index in [9.17, 15) is 0 Å². The molecule has 2 atom stereocenters. The molecule has 0 radical (unpaired) electrons. The molecular weight excluding hydrogens is 338 g/mol. The van der Waals surface area contributed by atoms with Crippen LogP contribution in [0.15, 0.2) is 36.7 Å². The molecule has 2 aliphatic rings. The number of aromatic nitrogens is 3. The highest BCUT2D eigenvalue weighted by molar-refractivity contribution is 5.80. The first-order valence-corrected chi connectivity index (χ1v) is 9.84. The Hall–Kier alpha value is -2.60. The van der Waals surface area contributed by atoms with Crippen molar-refractivity contribution < 1.29 is 4.74 Å². The Kier molecular flexibility index (Phi) is 4.20. The third-order valence-corrected chi connectivity index (χ3v) is 5.62. The average molecular weight is 363 g/mol. The summed E-state index contributed by atoms with van der Waals surface area (Å²) in [6.07, 6.45) is 7.69. The third-order valence-electron chi connectivity index (χ3n) is 5.62. The maximum Gasteiger partial charge on any atom is 0.165 e. The van der Waals surface area contributed by atoms with Gasteiger partial charge in [0.2, 0.25) is 0 Å². The first kappa shape index (κ1) is 16.6. The molecule has 2 aliphatic heterocycles. The molecule has 0 amide bonds. The molecule has 6 bridgehead atoms. The molecule has 1 aromatic carbocycles. The second-order valence-corrected chi connectivity index (χ2v) is 7.58. The number of hydrogen-bond donors (Lipinski definition) is 1. The van der Waals surface area contributed by atoms with E-state index >= 15 is 0 Å². The molecule has 27 heavy (non-hydrogen) atoms. The lowest BCUT2D eigenvalue weighted by Crippen LogP contribution is -2.37. The Labute approximate surface area is 159 Å². The highest BCUT2D eigenvalue weighted by Crippen LogP contribution is 2.31. The second-order valence-electron chi connectivity index (χ2n) is 7.58. The van der Waals surface area contributed by atoms with Crippen molar-refractivity contribution in [2.24, 2.45) is 0 Å². The summed E-state index contributed by atoms with van der Waals surface area (Å²) in [5.41, 5.74) is 4.25.